The largest absolute Gasteiger partial charge is 0.497 e. The van der Waals surface area contributed by atoms with E-state index in [1.54, 1.807) is 36.8 Å². The third kappa shape index (κ3) is 4.84. The summed E-state index contributed by atoms with van der Waals surface area (Å²) in [6, 6.07) is 17.1. The molecule has 1 unspecified atom stereocenters. The van der Waals surface area contributed by atoms with E-state index in [2.05, 4.69) is 28.6 Å². The summed E-state index contributed by atoms with van der Waals surface area (Å²) in [7, 11) is 1.65. The van der Waals surface area contributed by atoms with Crippen molar-refractivity contribution in [1.82, 2.24) is 4.98 Å². The first-order valence-corrected chi connectivity index (χ1v) is 11.2. The Morgan fingerprint density at radius 3 is 2.78 bits per heavy atom. The van der Waals surface area contributed by atoms with Gasteiger partial charge in [0.15, 0.2) is 5.76 Å². The van der Waals surface area contributed by atoms with Gasteiger partial charge in [-0.15, -0.1) is 11.3 Å². The highest BCUT2D eigenvalue weighted by atomic mass is 32.1. The fourth-order valence-corrected chi connectivity index (χ4v) is 4.47. The minimum absolute atomic E-state index is 0.247. The summed E-state index contributed by atoms with van der Waals surface area (Å²) >= 11 is 1.57. The molecule has 0 aliphatic heterocycles. The first kappa shape index (κ1) is 21.6. The van der Waals surface area contributed by atoms with E-state index in [0.717, 1.165) is 39.7 Å². The molecule has 4 aromatic rings. The lowest BCUT2D eigenvalue weighted by molar-refractivity contribution is 0.0997. The van der Waals surface area contributed by atoms with Crippen molar-refractivity contribution in [2.24, 2.45) is 0 Å². The number of hydrogen-bond donors (Lipinski definition) is 2. The van der Waals surface area contributed by atoms with Crippen molar-refractivity contribution >= 4 is 28.1 Å². The molecule has 3 heterocycles. The van der Waals surface area contributed by atoms with Gasteiger partial charge < -0.3 is 19.8 Å². The van der Waals surface area contributed by atoms with Crippen LogP contribution < -0.4 is 15.4 Å². The Balaban J connectivity index is 1.77. The quantitative estimate of drug-likeness (QED) is 0.343. The molecule has 1 atom stereocenters. The molecule has 0 fully saturated rings. The minimum atomic E-state index is -0.279. The van der Waals surface area contributed by atoms with Gasteiger partial charge in [-0.3, -0.25) is 4.79 Å². The maximum absolute atomic E-state index is 12.7. The van der Waals surface area contributed by atoms with Crippen LogP contribution in [0, 0.1) is 6.92 Å². The highest BCUT2D eigenvalue weighted by molar-refractivity contribution is 7.16. The van der Waals surface area contributed by atoms with Crippen LogP contribution in [-0.4, -0.2) is 18.0 Å². The fraction of sp³-hybridized carbons (Fsp3) is 0.200. The number of ether oxygens (including phenoxy) is 1. The van der Waals surface area contributed by atoms with Crippen LogP contribution in [0.3, 0.4) is 0 Å². The summed E-state index contributed by atoms with van der Waals surface area (Å²) in [4.78, 5) is 18.4. The van der Waals surface area contributed by atoms with Gasteiger partial charge in [0, 0.05) is 16.6 Å². The molecule has 0 spiro atoms. The van der Waals surface area contributed by atoms with E-state index in [9.17, 15) is 4.79 Å². The normalized spacial score (nSPS) is 11.7. The lowest BCUT2D eigenvalue weighted by atomic mass is 9.99. The number of aromatic nitrogens is 1. The number of thiophene rings is 1. The standard InChI is InChI=1S/C25H25N3O3S/c1-4-19-15-20(25(32-19)28-24(29)21-9-6-12-31-21)23(17-7-5-8-18(14-17)30-3)27-22-13-16(2)10-11-26-22/h5-15,23H,4H2,1-3H3,(H,26,27)(H,28,29). The Morgan fingerprint density at radius 1 is 1.19 bits per heavy atom. The molecule has 4 rings (SSSR count). The van der Waals surface area contributed by atoms with Crippen molar-refractivity contribution in [2.45, 2.75) is 26.3 Å². The lowest BCUT2D eigenvalue weighted by Crippen LogP contribution is -2.17. The fourth-order valence-electron chi connectivity index (χ4n) is 3.44. The van der Waals surface area contributed by atoms with Crippen molar-refractivity contribution in [3.8, 4) is 5.75 Å². The SMILES string of the molecule is CCc1cc(C(Nc2cc(C)ccn2)c2cccc(OC)c2)c(NC(=O)c2ccco2)s1. The van der Waals surface area contributed by atoms with Crippen LogP contribution in [0.25, 0.3) is 0 Å². The molecular formula is C25H25N3O3S. The Hall–Kier alpha value is -3.58. The number of carbonyl (C=O) groups is 1. The molecule has 0 aliphatic rings. The van der Waals surface area contributed by atoms with Crippen molar-refractivity contribution in [1.29, 1.82) is 0 Å². The molecule has 164 valence electrons. The number of methoxy groups -OCH3 is 1. The molecule has 0 radical (unpaired) electrons. The molecule has 3 aromatic heterocycles. The van der Waals surface area contributed by atoms with Gasteiger partial charge in [-0.1, -0.05) is 19.1 Å². The molecule has 2 N–H and O–H groups in total. The topological polar surface area (TPSA) is 76.4 Å². The number of rotatable bonds is 8. The number of aryl methyl sites for hydroxylation is 2. The van der Waals surface area contributed by atoms with Gasteiger partial charge in [0.05, 0.1) is 19.4 Å². The number of pyridine rings is 1. The van der Waals surface area contributed by atoms with Gasteiger partial charge in [-0.05, 0) is 66.9 Å². The monoisotopic (exact) mass is 447 g/mol. The van der Waals surface area contributed by atoms with Crippen LogP contribution in [0.15, 0.2) is 71.5 Å². The minimum Gasteiger partial charge on any atom is -0.497 e. The highest BCUT2D eigenvalue weighted by Gasteiger charge is 2.23. The maximum atomic E-state index is 12.7. The molecule has 0 saturated heterocycles. The lowest BCUT2D eigenvalue weighted by Gasteiger charge is -2.21. The van der Waals surface area contributed by atoms with Crippen LogP contribution in [0.1, 0.15) is 45.1 Å². The van der Waals surface area contributed by atoms with Crippen LogP contribution in [0.5, 0.6) is 5.75 Å². The maximum Gasteiger partial charge on any atom is 0.291 e. The van der Waals surface area contributed by atoms with E-state index in [1.165, 1.54) is 11.1 Å². The number of benzene rings is 1. The summed E-state index contributed by atoms with van der Waals surface area (Å²) in [5, 5.41) is 7.37. The Kier molecular flexibility index (Phi) is 6.56. The molecule has 7 heteroatoms. The second kappa shape index (κ2) is 9.70. The first-order chi connectivity index (χ1) is 15.6. The molecule has 1 amide bonds. The predicted molar refractivity (Wildman–Crippen MR) is 128 cm³/mol. The Bertz CT molecular complexity index is 1200. The zero-order chi connectivity index (χ0) is 22.5. The highest BCUT2D eigenvalue weighted by Crippen LogP contribution is 2.39. The van der Waals surface area contributed by atoms with Gasteiger partial charge in [0.2, 0.25) is 0 Å². The molecule has 6 nitrogen and oxygen atoms in total. The predicted octanol–water partition coefficient (Wildman–Crippen LogP) is 6.07. The second-order valence-corrected chi connectivity index (χ2v) is 8.49. The number of hydrogen-bond acceptors (Lipinski definition) is 6. The number of amides is 1. The van der Waals surface area contributed by atoms with Gasteiger partial charge in [0.1, 0.15) is 16.6 Å². The van der Waals surface area contributed by atoms with Gasteiger partial charge in [-0.25, -0.2) is 4.98 Å². The van der Waals surface area contributed by atoms with Crippen molar-refractivity contribution in [3.63, 3.8) is 0 Å². The molecule has 0 aliphatic carbocycles. The summed E-state index contributed by atoms with van der Waals surface area (Å²) in [5.41, 5.74) is 3.07. The molecule has 0 bridgehead atoms. The third-order valence-corrected chi connectivity index (χ3v) is 6.29. The average Bonchev–Trinajstić information content (AvgIpc) is 3.48. The van der Waals surface area contributed by atoms with E-state index in [1.807, 2.05) is 43.3 Å². The molecule has 1 aromatic carbocycles. The van der Waals surface area contributed by atoms with E-state index in [4.69, 9.17) is 9.15 Å². The van der Waals surface area contributed by atoms with Crippen molar-refractivity contribution < 1.29 is 13.9 Å². The van der Waals surface area contributed by atoms with Gasteiger partial charge >= 0.3 is 0 Å². The molecule has 32 heavy (non-hydrogen) atoms. The summed E-state index contributed by atoms with van der Waals surface area (Å²) in [6.45, 7) is 4.13. The van der Waals surface area contributed by atoms with Gasteiger partial charge in [0.25, 0.3) is 5.91 Å². The van der Waals surface area contributed by atoms with E-state index in [0.29, 0.717) is 0 Å². The molecule has 0 saturated carbocycles. The smallest absolute Gasteiger partial charge is 0.291 e. The zero-order valence-electron chi connectivity index (χ0n) is 18.2. The summed E-state index contributed by atoms with van der Waals surface area (Å²) in [6.07, 6.45) is 4.14. The number of carbonyl (C=O) groups excluding carboxylic acids is 1. The molecular weight excluding hydrogens is 422 g/mol. The zero-order valence-corrected chi connectivity index (χ0v) is 19.0. The van der Waals surface area contributed by atoms with E-state index >= 15 is 0 Å². The van der Waals surface area contributed by atoms with Gasteiger partial charge in [-0.2, -0.15) is 0 Å². The van der Waals surface area contributed by atoms with Crippen LogP contribution >= 0.6 is 11.3 Å². The summed E-state index contributed by atoms with van der Waals surface area (Å²) in [5.74, 6) is 1.51. The van der Waals surface area contributed by atoms with Crippen LogP contribution in [-0.2, 0) is 6.42 Å². The number of nitrogens with zero attached hydrogens (tertiary/aromatic N) is 1. The van der Waals surface area contributed by atoms with Crippen molar-refractivity contribution in [2.75, 3.05) is 17.7 Å². The van der Waals surface area contributed by atoms with Crippen molar-refractivity contribution in [3.05, 3.63) is 94.4 Å². The van der Waals surface area contributed by atoms with Crippen LogP contribution in [0.4, 0.5) is 10.8 Å². The van der Waals surface area contributed by atoms with Crippen LogP contribution in [0.2, 0.25) is 0 Å². The third-order valence-electron chi connectivity index (χ3n) is 5.08. The average molecular weight is 448 g/mol. The summed E-state index contributed by atoms with van der Waals surface area (Å²) < 4.78 is 10.7. The van der Waals surface area contributed by atoms with E-state index in [-0.39, 0.29) is 17.7 Å². The first-order valence-electron chi connectivity index (χ1n) is 10.4. The Labute approximate surface area is 191 Å². The Morgan fingerprint density at radius 2 is 2.06 bits per heavy atom. The second-order valence-electron chi connectivity index (χ2n) is 7.35. The number of anilines is 2. The number of nitrogens with one attached hydrogen (secondary N) is 2. The van der Waals surface area contributed by atoms with E-state index < -0.39 is 0 Å². The number of furan rings is 1.